The van der Waals surface area contributed by atoms with Crippen molar-refractivity contribution in [3.8, 4) is 0 Å². The van der Waals surface area contributed by atoms with Crippen molar-refractivity contribution in [2.24, 2.45) is 5.92 Å². The Kier molecular flexibility index (Phi) is 3.56. The minimum absolute atomic E-state index is 0.308. The van der Waals surface area contributed by atoms with E-state index in [1.807, 2.05) is 0 Å². The highest BCUT2D eigenvalue weighted by atomic mass is 32.2. The van der Waals surface area contributed by atoms with Crippen molar-refractivity contribution in [1.29, 1.82) is 0 Å². The van der Waals surface area contributed by atoms with E-state index in [4.69, 9.17) is 0 Å². The smallest absolute Gasteiger partial charge is 0.218 e. The Labute approximate surface area is 98.4 Å². The van der Waals surface area contributed by atoms with Gasteiger partial charge in [-0.15, -0.1) is 0 Å². The molecule has 0 aromatic rings. The highest BCUT2D eigenvalue weighted by Crippen LogP contribution is 2.37. The lowest BCUT2D eigenvalue weighted by Gasteiger charge is -2.25. The van der Waals surface area contributed by atoms with Crippen LogP contribution in [0.3, 0.4) is 0 Å². The van der Waals surface area contributed by atoms with E-state index in [2.05, 4.69) is 5.32 Å². The zero-order valence-corrected chi connectivity index (χ0v) is 11.0. The first-order valence-electron chi connectivity index (χ1n) is 6.21. The lowest BCUT2D eigenvalue weighted by atomic mass is 10.4. The van der Waals surface area contributed by atoms with Crippen LogP contribution in [0.2, 0.25) is 0 Å². The summed E-state index contributed by atoms with van der Waals surface area (Å²) in [6, 6.07) is 0.310. The van der Waals surface area contributed by atoms with Crippen LogP contribution in [0.5, 0.6) is 0 Å². The predicted octanol–water partition coefficient (Wildman–Crippen LogP) is 0.798. The highest BCUT2D eigenvalue weighted by Gasteiger charge is 2.42. The van der Waals surface area contributed by atoms with Gasteiger partial charge in [0.05, 0.1) is 5.25 Å². The molecule has 2 saturated carbocycles. The Balaban J connectivity index is 2.04. The summed E-state index contributed by atoms with van der Waals surface area (Å²) in [4.78, 5) is 0. The zero-order valence-electron chi connectivity index (χ0n) is 10.1. The van der Waals surface area contributed by atoms with Crippen molar-refractivity contribution in [1.82, 2.24) is 9.62 Å². The Morgan fingerprint density at radius 2 is 1.94 bits per heavy atom. The summed E-state index contributed by atoms with van der Waals surface area (Å²) in [6.07, 6.45) is 4.52. The highest BCUT2D eigenvalue weighted by molar-refractivity contribution is 7.89. The van der Waals surface area contributed by atoms with Crippen LogP contribution in [0.25, 0.3) is 0 Å². The average molecular weight is 246 g/mol. The summed E-state index contributed by atoms with van der Waals surface area (Å²) in [5.41, 5.74) is 0. The molecule has 2 rings (SSSR count). The van der Waals surface area contributed by atoms with Crippen LogP contribution < -0.4 is 5.32 Å². The molecule has 0 amide bonds. The summed E-state index contributed by atoms with van der Waals surface area (Å²) < 4.78 is 26.5. The second-order valence-corrected chi connectivity index (χ2v) is 7.46. The molecule has 0 heterocycles. The van der Waals surface area contributed by atoms with E-state index in [-0.39, 0.29) is 5.25 Å². The van der Waals surface area contributed by atoms with E-state index in [1.54, 1.807) is 18.3 Å². The minimum atomic E-state index is -3.08. The molecule has 16 heavy (non-hydrogen) atoms. The summed E-state index contributed by atoms with van der Waals surface area (Å²) in [5.74, 6) is 0.636. The number of nitrogens with zero attached hydrogens (tertiary/aromatic N) is 1. The van der Waals surface area contributed by atoms with E-state index in [0.29, 0.717) is 18.5 Å². The predicted molar refractivity (Wildman–Crippen MR) is 64.8 cm³/mol. The second kappa shape index (κ2) is 4.63. The fraction of sp³-hybridized carbons (Fsp3) is 1.00. The Morgan fingerprint density at radius 3 is 2.38 bits per heavy atom. The van der Waals surface area contributed by atoms with Gasteiger partial charge in [0.25, 0.3) is 0 Å². The van der Waals surface area contributed by atoms with Crippen molar-refractivity contribution in [3.63, 3.8) is 0 Å². The average Bonchev–Trinajstić information content (AvgIpc) is 3.07. The maximum atomic E-state index is 12.4. The van der Waals surface area contributed by atoms with Crippen LogP contribution in [-0.4, -0.2) is 44.2 Å². The Bertz CT molecular complexity index is 334. The van der Waals surface area contributed by atoms with Crippen molar-refractivity contribution in [2.45, 2.75) is 43.9 Å². The van der Waals surface area contributed by atoms with Gasteiger partial charge in [-0.2, -0.15) is 4.31 Å². The van der Waals surface area contributed by atoms with Gasteiger partial charge < -0.3 is 5.32 Å². The second-order valence-electron chi connectivity index (χ2n) is 5.16. The molecule has 0 radical (unpaired) electrons. The molecular formula is C11H22N2O2S. The van der Waals surface area contributed by atoms with Crippen molar-refractivity contribution in [3.05, 3.63) is 0 Å². The molecule has 2 aliphatic carbocycles. The van der Waals surface area contributed by atoms with Gasteiger partial charge in [0.1, 0.15) is 0 Å². The fourth-order valence-electron chi connectivity index (χ4n) is 2.00. The van der Waals surface area contributed by atoms with Crippen molar-refractivity contribution >= 4 is 10.0 Å². The van der Waals surface area contributed by atoms with Gasteiger partial charge in [-0.1, -0.05) is 0 Å². The topological polar surface area (TPSA) is 49.4 Å². The quantitative estimate of drug-likeness (QED) is 0.723. The van der Waals surface area contributed by atoms with Crippen LogP contribution in [0.4, 0.5) is 0 Å². The molecule has 94 valence electrons. The largest absolute Gasteiger partial charge is 0.318 e. The first-order valence-corrected chi connectivity index (χ1v) is 7.71. The Morgan fingerprint density at radius 1 is 1.31 bits per heavy atom. The summed E-state index contributed by atoms with van der Waals surface area (Å²) >= 11 is 0. The number of nitrogens with one attached hydrogen (secondary N) is 1. The molecule has 0 aliphatic heterocycles. The van der Waals surface area contributed by atoms with E-state index in [9.17, 15) is 8.42 Å². The molecule has 1 unspecified atom stereocenters. The summed E-state index contributed by atoms with van der Waals surface area (Å²) in [5, 5.41) is 2.64. The van der Waals surface area contributed by atoms with Crippen LogP contribution in [0.15, 0.2) is 0 Å². The monoisotopic (exact) mass is 246 g/mol. The van der Waals surface area contributed by atoms with Gasteiger partial charge in [-0.25, -0.2) is 8.42 Å². The number of sulfonamides is 1. The van der Waals surface area contributed by atoms with E-state index in [1.165, 1.54) is 12.8 Å². The number of hydrogen-bond acceptors (Lipinski definition) is 3. The molecule has 0 bridgehead atoms. The molecule has 4 nitrogen and oxygen atoms in total. The number of rotatable bonds is 7. The minimum Gasteiger partial charge on any atom is -0.318 e. The molecule has 1 N–H and O–H groups in total. The molecule has 0 saturated heterocycles. The Hall–Kier alpha value is -0.130. The standard InChI is InChI=1S/C11H22N2O2S/c1-9(7-12-2)16(14,15)13(11-5-6-11)8-10-3-4-10/h9-12H,3-8H2,1-2H3. The van der Waals surface area contributed by atoms with Crippen LogP contribution in [-0.2, 0) is 10.0 Å². The summed E-state index contributed by atoms with van der Waals surface area (Å²) in [7, 11) is -1.28. The first kappa shape index (κ1) is 12.3. The molecule has 0 aromatic carbocycles. The van der Waals surface area contributed by atoms with Gasteiger partial charge in [0, 0.05) is 19.1 Å². The van der Waals surface area contributed by atoms with Crippen molar-refractivity contribution < 1.29 is 8.42 Å². The third-order valence-corrected chi connectivity index (χ3v) is 5.70. The molecule has 1 atom stereocenters. The molecule has 0 spiro atoms. The van der Waals surface area contributed by atoms with Gasteiger partial charge in [-0.3, -0.25) is 0 Å². The van der Waals surface area contributed by atoms with Crippen LogP contribution in [0.1, 0.15) is 32.6 Å². The molecule has 0 aromatic heterocycles. The first-order chi connectivity index (χ1) is 7.55. The van der Waals surface area contributed by atoms with E-state index in [0.717, 1.165) is 19.4 Å². The SMILES string of the molecule is CNCC(C)S(=O)(=O)N(CC1CC1)C1CC1. The van der Waals surface area contributed by atoms with E-state index < -0.39 is 10.0 Å². The van der Waals surface area contributed by atoms with Gasteiger partial charge in [0.2, 0.25) is 10.0 Å². The molecule has 2 fully saturated rings. The van der Waals surface area contributed by atoms with Gasteiger partial charge in [0.15, 0.2) is 0 Å². The van der Waals surface area contributed by atoms with E-state index >= 15 is 0 Å². The molecule has 2 aliphatic rings. The maximum Gasteiger partial charge on any atom is 0.218 e. The third-order valence-electron chi connectivity index (χ3n) is 3.42. The third kappa shape index (κ3) is 2.76. The number of hydrogen-bond donors (Lipinski definition) is 1. The summed E-state index contributed by atoms with van der Waals surface area (Å²) in [6.45, 7) is 3.10. The van der Waals surface area contributed by atoms with Gasteiger partial charge in [-0.05, 0) is 45.6 Å². The van der Waals surface area contributed by atoms with Gasteiger partial charge >= 0.3 is 0 Å². The lowest BCUT2D eigenvalue weighted by molar-refractivity contribution is 0.382. The molecular weight excluding hydrogens is 224 g/mol. The molecule has 5 heteroatoms. The van der Waals surface area contributed by atoms with Crippen LogP contribution >= 0.6 is 0 Å². The van der Waals surface area contributed by atoms with Crippen molar-refractivity contribution in [2.75, 3.05) is 20.1 Å². The zero-order chi connectivity index (χ0) is 11.8. The van der Waals surface area contributed by atoms with Crippen LogP contribution in [0, 0.1) is 5.92 Å². The normalized spacial score (nSPS) is 23.7. The lowest BCUT2D eigenvalue weighted by Crippen LogP contribution is -2.43. The maximum absolute atomic E-state index is 12.4. The fourth-order valence-corrected chi connectivity index (χ4v) is 3.89.